The van der Waals surface area contributed by atoms with E-state index in [0.717, 1.165) is 0 Å². The Balaban J connectivity index is 2.33. The van der Waals surface area contributed by atoms with Crippen LogP contribution in [-0.2, 0) is 4.74 Å². The first-order valence-electron chi connectivity index (χ1n) is 5.86. The predicted octanol–water partition coefficient (Wildman–Crippen LogP) is 1.61. The number of aliphatic hydroxyl groups excluding tert-OH is 1. The lowest BCUT2D eigenvalue weighted by molar-refractivity contribution is 0.0761. The first kappa shape index (κ1) is 12.8. The summed E-state index contributed by atoms with van der Waals surface area (Å²) >= 11 is 0. The molecule has 2 rings (SSSR count). The first-order valence-corrected chi connectivity index (χ1v) is 5.86. The molecular formula is C13H15FN2O2. The molecule has 1 aromatic carbocycles. The average molecular weight is 250 g/mol. The van der Waals surface area contributed by atoms with E-state index in [1.54, 1.807) is 12.1 Å². The topological polar surface area (TPSA) is 56.5 Å². The highest BCUT2D eigenvalue weighted by molar-refractivity contribution is 5.55. The van der Waals surface area contributed by atoms with Crippen molar-refractivity contribution in [3.8, 4) is 6.07 Å². The molecule has 18 heavy (non-hydrogen) atoms. The summed E-state index contributed by atoms with van der Waals surface area (Å²) in [5, 5.41) is 18.5. The van der Waals surface area contributed by atoms with Gasteiger partial charge in [0.2, 0.25) is 0 Å². The molecule has 0 aromatic heterocycles. The van der Waals surface area contributed by atoms with E-state index < -0.39 is 18.0 Å². The molecule has 2 atom stereocenters. The van der Waals surface area contributed by atoms with E-state index in [2.05, 4.69) is 0 Å². The average Bonchev–Trinajstić information content (AvgIpc) is 2.38. The second-order valence-corrected chi connectivity index (χ2v) is 4.28. The van der Waals surface area contributed by atoms with E-state index in [4.69, 9.17) is 10.00 Å². The number of rotatable bonds is 2. The molecule has 1 aliphatic rings. The zero-order valence-electron chi connectivity index (χ0n) is 10.1. The summed E-state index contributed by atoms with van der Waals surface area (Å²) in [6.45, 7) is 2.93. The van der Waals surface area contributed by atoms with Crippen LogP contribution >= 0.6 is 0 Å². The van der Waals surface area contributed by atoms with Crippen molar-refractivity contribution in [2.75, 3.05) is 24.6 Å². The van der Waals surface area contributed by atoms with Crippen LogP contribution in [0.4, 0.5) is 10.1 Å². The van der Waals surface area contributed by atoms with Crippen LogP contribution in [0.1, 0.15) is 18.6 Å². The van der Waals surface area contributed by atoms with E-state index in [9.17, 15) is 9.50 Å². The standard InChI is InChI=1S/C13H15FN2O2/c1-9(17)13-11(14)3-2-4-12(13)16-5-6-18-10(7-15)8-16/h2-4,9-10,17H,5-6,8H2,1H3/t9-,10?/m0/s1. The van der Waals surface area contributed by atoms with E-state index in [1.807, 2.05) is 11.0 Å². The van der Waals surface area contributed by atoms with Crippen LogP contribution in [0.3, 0.4) is 0 Å². The molecule has 5 heteroatoms. The first-order chi connectivity index (χ1) is 8.63. The van der Waals surface area contributed by atoms with Gasteiger partial charge in [-0.05, 0) is 19.1 Å². The van der Waals surface area contributed by atoms with Gasteiger partial charge in [0.15, 0.2) is 6.10 Å². The molecule has 1 aliphatic heterocycles. The second-order valence-electron chi connectivity index (χ2n) is 4.28. The molecule has 4 nitrogen and oxygen atoms in total. The third-order valence-corrected chi connectivity index (χ3v) is 3.00. The number of halogens is 1. The van der Waals surface area contributed by atoms with E-state index in [0.29, 0.717) is 25.4 Å². The maximum absolute atomic E-state index is 13.8. The zero-order chi connectivity index (χ0) is 13.1. The molecule has 0 radical (unpaired) electrons. The maximum Gasteiger partial charge on any atom is 0.161 e. The molecule has 1 fully saturated rings. The number of morpholine rings is 1. The maximum atomic E-state index is 13.8. The summed E-state index contributed by atoms with van der Waals surface area (Å²) in [4.78, 5) is 1.88. The lowest BCUT2D eigenvalue weighted by Crippen LogP contribution is -2.42. The van der Waals surface area contributed by atoms with Gasteiger partial charge in [0.05, 0.1) is 25.3 Å². The Labute approximate surface area is 105 Å². The minimum absolute atomic E-state index is 0.274. The van der Waals surface area contributed by atoms with Crippen LogP contribution in [0, 0.1) is 17.1 Å². The summed E-state index contributed by atoms with van der Waals surface area (Å²) in [6.07, 6.45) is -1.39. The van der Waals surface area contributed by atoms with Gasteiger partial charge in [-0.2, -0.15) is 5.26 Å². The SMILES string of the molecule is C[C@H](O)c1c(F)cccc1N1CCOC(C#N)C1. The summed E-state index contributed by atoms with van der Waals surface area (Å²) in [5.74, 6) is -0.428. The lowest BCUT2D eigenvalue weighted by atomic mass is 10.1. The molecule has 1 saturated heterocycles. The molecule has 1 N–H and O–H groups in total. The Hall–Kier alpha value is -1.64. The normalized spacial score (nSPS) is 21.4. The number of hydrogen-bond donors (Lipinski definition) is 1. The molecule has 0 saturated carbocycles. The number of hydrogen-bond acceptors (Lipinski definition) is 4. The van der Waals surface area contributed by atoms with E-state index in [-0.39, 0.29) is 5.56 Å². The van der Waals surface area contributed by atoms with E-state index in [1.165, 1.54) is 13.0 Å². The molecule has 0 bridgehead atoms. The van der Waals surface area contributed by atoms with Crippen molar-refractivity contribution in [3.63, 3.8) is 0 Å². The van der Waals surface area contributed by atoms with E-state index >= 15 is 0 Å². The largest absolute Gasteiger partial charge is 0.389 e. The monoisotopic (exact) mass is 250 g/mol. The highest BCUT2D eigenvalue weighted by atomic mass is 19.1. The van der Waals surface area contributed by atoms with Crippen LogP contribution in [-0.4, -0.2) is 30.9 Å². The molecule has 0 amide bonds. The van der Waals surface area contributed by atoms with Gasteiger partial charge in [0.25, 0.3) is 0 Å². The number of aliphatic hydroxyl groups is 1. The third-order valence-electron chi connectivity index (χ3n) is 3.00. The number of nitrogens with zero attached hydrogens (tertiary/aromatic N) is 2. The quantitative estimate of drug-likeness (QED) is 0.866. The summed E-state index contributed by atoms with van der Waals surface area (Å²) in [7, 11) is 0. The summed E-state index contributed by atoms with van der Waals surface area (Å²) in [5.41, 5.74) is 0.907. The Kier molecular flexibility index (Phi) is 3.80. The highest BCUT2D eigenvalue weighted by Gasteiger charge is 2.24. The fourth-order valence-corrected chi connectivity index (χ4v) is 2.16. The molecule has 0 spiro atoms. The zero-order valence-corrected chi connectivity index (χ0v) is 10.1. The van der Waals surface area contributed by atoms with Crippen molar-refractivity contribution in [3.05, 3.63) is 29.6 Å². The minimum atomic E-state index is -0.885. The van der Waals surface area contributed by atoms with Crippen molar-refractivity contribution in [2.45, 2.75) is 19.1 Å². The van der Waals surface area contributed by atoms with Gasteiger partial charge in [0.1, 0.15) is 5.82 Å². The van der Waals surface area contributed by atoms with Gasteiger partial charge >= 0.3 is 0 Å². The van der Waals surface area contributed by atoms with Gasteiger partial charge in [-0.15, -0.1) is 0 Å². The second kappa shape index (κ2) is 5.34. The van der Waals surface area contributed by atoms with Crippen molar-refractivity contribution >= 4 is 5.69 Å². The van der Waals surface area contributed by atoms with Crippen molar-refractivity contribution in [1.82, 2.24) is 0 Å². The Morgan fingerprint density at radius 1 is 1.61 bits per heavy atom. The fourth-order valence-electron chi connectivity index (χ4n) is 2.16. The number of ether oxygens (including phenoxy) is 1. The molecule has 1 aromatic rings. The van der Waals surface area contributed by atoms with Crippen molar-refractivity contribution in [1.29, 1.82) is 5.26 Å². The van der Waals surface area contributed by atoms with Gasteiger partial charge in [0, 0.05) is 17.8 Å². The summed E-state index contributed by atoms with van der Waals surface area (Å²) < 4.78 is 19.0. The highest BCUT2D eigenvalue weighted by Crippen LogP contribution is 2.29. The Morgan fingerprint density at radius 2 is 2.39 bits per heavy atom. The predicted molar refractivity (Wildman–Crippen MR) is 64.6 cm³/mol. The van der Waals surface area contributed by atoms with Gasteiger partial charge < -0.3 is 14.7 Å². The Morgan fingerprint density at radius 3 is 3.06 bits per heavy atom. The molecule has 96 valence electrons. The number of benzene rings is 1. The molecule has 1 unspecified atom stereocenters. The van der Waals surface area contributed by atoms with Gasteiger partial charge in [-0.3, -0.25) is 0 Å². The fraction of sp³-hybridized carbons (Fsp3) is 0.462. The summed E-state index contributed by atoms with van der Waals surface area (Å²) in [6, 6.07) is 6.73. The minimum Gasteiger partial charge on any atom is -0.389 e. The molecular weight excluding hydrogens is 235 g/mol. The van der Waals surface area contributed by atoms with Gasteiger partial charge in [-0.25, -0.2) is 4.39 Å². The molecule has 0 aliphatic carbocycles. The van der Waals surface area contributed by atoms with Crippen LogP contribution in [0.2, 0.25) is 0 Å². The number of nitriles is 1. The third kappa shape index (κ3) is 2.45. The molecule has 1 heterocycles. The smallest absolute Gasteiger partial charge is 0.161 e. The van der Waals surface area contributed by atoms with Crippen LogP contribution in [0.15, 0.2) is 18.2 Å². The van der Waals surface area contributed by atoms with Crippen LogP contribution < -0.4 is 4.90 Å². The van der Waals surface area contributed by atoms with Crippen LogP contribution in [0.25, 0.3) is 0 Å². The van der Waals surface area contributed by atoms with Crippen molar-refractivity contribution in [2.24, 2.45) is 0 Å². The Bertz CT molecular complexity index is 471. The number of anilines is 1. The van der Waals surface area contributed by atoms with Crippen LogP contribution in [0.5, 0.6) is 0 Å². The van der Waals surface area contributed by atoms with Gasteiger partial charge in [-0.1, -0.05) is 6.07 Å². The van der Waals surface area contributed by atoms with Crippen molar-refractivity contribution < 1.29 is 14.2 Å². The lowest BCUT2D eigenvalue weighted by Gasteiger charge is -2.33.